The predicted octanol–water partition coefficient (Wildman–Crippen LogP) is 4.84. The van der Waals surface area contributed by atoms with E-state index >= 15 is 0 Å². The van der Waals surface area contributed by atoms with Crippen LogP contribution < -0.4 is 5.32 Å². The van der Waals surface area contributed by atoms with Crippen LogP contribution in [-0.2, 0) is 0 Å². The number of rotatable bonds is 4. The Bertz CT molecular complexity index is 391. The molecule has 1 N–H and O–H groups in total. The van der Waals surface area contributed by atoms with Crippen molar-refractivity contribution in [2.45, 2.75) is 64.5 Å². The molecule has 2 heteroatoms. The molecule has 0 heterocycles. The van der Waals surface area contributed by atoms with Crippen molar-refractivity contribution in [2.24, 2.45) is 5.92 Å². The highest BCUT2D eigenvalue weighted by Gasteiger charge is 2.19. The second-order valence-corrected chi connectivity index (χ2v) is 5.99. The summed E-state index contributed by atoms with van der Waals surface area (Å²) in [6, 6.07) is 7.91. The lowest BCUT2D eigenvalue weighted by Gasteiger charge is -2.24. The van der Waals surface area contributed by atoms with Crippen molar-refractivity contribution >= 4 is 0 Å². The van der Waals surface area contributed by atoms with Crippen LogP contribution in [0, 0.1) is 11.7 Å². The molecule has 3 unspecified atom stereocenters. The SMILES string of the molecule is CCC(NC1CCCC(C)CC1)c1cccc(F)c1. The van der Waals surface area contributed by atoms with Crippen molar-refractivity contribution < 1.29 is 4.39 Å². The molecule has 1 aliphatic rings. The lowest BCUT2D eigenvalue weighted by atomic mass is 10.0. The van der Waals surface area contributed by atoms with Crippen molar-refractivity contribution in [3.63, 3.8) is 0 Å². The first kappa shape index (κ1) is 14.5. The smallest absolute Gasteiger partial charge is 0.123 e. The number of hydrogen-bond acceptors (Lipinski definition) is 1. The van der Waals surface area contributed by atoms with E-state index in [1.54, 1.807) is 6.07 Å². The largest absolute Gasteiger partial charge is 0.307 e. The summed E-state index contributed by atoms with van der Waals surface area (Å²) in [5, 5.41) is 3.74. The van der Waals surface area contributed by atoms with Crippen LogP contribution in [0.25, 0.3) is 0 Å². The average Bonchev–Trinajstić information content (AvgIpc) is 2.61. The summed E-state index contributed by atoms with van der Waals surface area (Å²) in [6.07, 6.45) is 7.52. The van der Waals surface area contributed by atoms with Gasteiger partial charge in [0.15, 0.2) is 0 Å². The fourth-order valence-electron chi connectivity index (χ4n) is 3.11. The predicted molar refractivity (Wildman–Crippen MR) is 78.6 cm³/mol. The molecule has 2 rings (SSSR count). The molecule has 1 saturated carbocycles. The van der Waals surface area contributed by atoms with Gasteiger partial charge < -0.3 is 5.32 Å². The second-order valence-electron chi connectivity index (χ2n) is 5.99. The maximum absolute atomic E-state index is 13.3. The minimum absolute atomic E-state index is 0.132. The Hall–Kier alpha value is -0.890. The van der Waals surface area contributed by atoms with Crippen molar-refractivity contribution in [3.8, 4) is 0 Å². The van der Waals surface area contributed by atoms with Gasteiger partial charge in [-0.1, -0.05) is 38.8 Å². The molecule has 3 atom stereocenters. The Morgan fingerprint density at radius 3 is 2.84 bits per heavy atom. The summed E-state index contributed by atoms with van der Waals surface area (Å²) in [5.74, 6) is 0.730. The molecule has 0 spiro atoms. The Balaban J connectivity index is 1.98. The van der Waals surface area contributed by atoms with Crippen LogP contribution in [-0.4, -0.2) is 6.04 Å². The summed E-state index contributed by atoms with van der Waals surface area (Å²) in [5.41, 5.74) is 1.08. The quantitative estimate of drug-likeness (QED) is 0.767. The van der Waals surface area contributed by atoms with Gasteiger partial charge in [0.05, 0.1) is 0 Å². The zero-order valence-electron chi connectivity index (χ0n) is 12.2. The Morgan fingerprint density at radius 2 is 2.11 bits per heavy atom. The van der Waals surface area contributed by atoms with Crippen molar-refractivity contribution in [2.75, 3.05) is 0 Å². The highest BCUT2D eigenvalue weighted by molar-refractivity contribution is 5.20. The van der Waals surface area contributed by atoms with Gasteiger partial charge in [0.25, 0.3) is 0 Å². The Morgan fingerprint density at radius 1 is 1.26 bits per heavy atom. The van der Waals surface area contributed by atoms with Crippen LogP contribution in [0.5, 0.6) is 0 Å². The molecule has 1 nitrogen and oxygen atoms in total. The van der Waals surface area contributed by atoms with Crippen molar-refractivity contribution in [3.05, 3.63) is 35.6 Å². The molecule has 19 heavy (non-hydrogen) atoms. The molecule has 0 aromatic heterocycles. The van der Waals surface area contributed by atoms with Crippen LogP contribution in [0.4, 0.5) is 4.39 Å². The fraction of sp³-hybridized carbons (Fsp3) is 0.647. The number of nitrogens with one attached hydrogen (secondary N) is 1. The van der Waals surface area contributed by atoms with E-state index in [1.807, 2.05) is 12.1 Å². The second kappa shape index (κ2) is 7.04. The molecular formula is C17H26FN. The summed E-state index contributed by atoms with van der Waals surface area (Å²) >= 11 is 0. The summed E-state index contributed by atoms with van der Waals surface area (Å²) in [6.45, 7) is 4.52. The van der Waals surface area contributed by atoms with Gasteiger partial charge in [-0.2, -0.15) is 0 Å². The minimum atomic E-state index is -0.132. The molecule has 0 saturated heterocycles. The average molecular weight is 263 g/mol. The van der Waals surface area contributed by atoms with E-state index in [1.165, 1.54) is 38.2 Å². The van der Waals surface area contributed by atoms with E-state index in [0.29, 0.717) is 6.04 Å². The first-order valence-corrected chi connectivity index (χ1v) is 7.70. The molecule has 0 amide bonds. The van der Waals surface area contributed by atoms with Crippen molar-refractivity contribution in [1.29, 1.82) is 0 Å². The molecule has 1 aromatic rings. The first-order valence-electron chi connectivity index (χ1n) is 7.70. The third-order valence-corrected chi connectivity index (χ3v) is 4.35. The van der Waals surface area contributed by atoms with Crippen LogP contribution in [0.15, 0.2) is 24.3 Å². The zero-order chi connectivity index (χ0) is 13.7. The van der Waals surface area contributed by atoms with Gasteiger partial charge in [-0.05, 0) is 49.3 Å². The molecular weight excluding hydrogens is 237 g/mol. The molecule has 1 aromatic carbocycles. The van der Waals surface area contributed by atoms with E-state index in [4.69, 9.17) is 0 Å². The van der Waals surface area contributed by atoms with Crippen LogP contribution in [0.2, 0.25) is 0 Å². The molecule has 1 aliphatic carbocycles. The third-order valence-electron chi connectivity index (χ3n) is 4.35. The summed E-state index contributed by atoms with van der Waals surface area (Å²) in [4.78, 5) is 0. The molecule has 1 fully saturated rings. The molecule has 0 bridgehead atoms. The number of benzene rings is 1. The van der Waals surface area contributed by atoms with E-state index < -0.39 is 0 Å². The van der Waals surface area contributed by atoms with Gasteiger partial charge in [0.1, 0.15) is 5.82 Å². The van der Waals surface area contributed by atoms with E-state index in [-0.39, 0.29) is 11.9 Å². The van der Waals surface area contributed by atoms with Crippen molar-refractivity contribution in [1.82, 2.24) is 5.32 Å². The van der Waals surface area contributed by atoms with E-state index in [9.17, 15) is 4.39 Å². The summed E-state index contributed by atoms with van der Waals surface area (Å²) < 4.78 is 13.3. The topological polar surface area (TPSA) is 12.0 Å². The molecule has 106 valence electrons. The maximum Gasteiger partial charge on any atom is 0.123 e. The maximum atomic E-state index is 13.3. The van der Waals surface area contributed by atoms with Gasteiger partial charge >= 0.3 is 0 Å². The fourth-order valence-corrected chi connectivity index (χ4v) is 3.11. The van der Waals surface area contributed by atoms with Crippen LogP contribution in [0.1, 0.15) is 64.0 Å². The molecule has 0 aliphatic heterocycles. The highest BCUT2D eigenvalue weighted by Crippen LogP contribution is 2.26. The van der Waals surface area contributed by atoms with Crippen LogP contribution in [0.3, 0.4) is 0 Å². The normalized spacial score (nSPS) is 25.8. The van der Waals surface area contributed by atoms with Gasteiger partial charge in [-0.15, -0.1) is 0 Å². The third kappa shape index (κ3) is 4.31. The van der Waals surface area contributed by atoms with Gasteiger partial charge in [0, 0.05) is 12.1 Å². The highest BCUT2D eigenvalue weighted by atomic mass is 19.1. The lowest BCUT2D eigenvalue weighted by molar-refractivity contribution is 0.386. The van der Waals surface area contributed by atoms with Crippen LogP contribution >= 0.6 is 0 Å². The minimum Gasteiger partial charge on any atom is -0.307 e. The Kier molecular flexibility index (Phi) is 5.38. The van der Waals surface area contributed by atoms with E-state index in [0.717, 1.165) is 17.9 Å². The zero-order valence-corrected chi connectivity index (χ0v) is 12.2. The van der Waals surface area contributed by atoms with Gasteiger partial charge in [-0.25, -0.2) is 4.39 Å². The molecule has 0 radical (unpaired) electrons. The number of halogens is 1. The van der Waals surface area contributed by atoms with Gasteiger partial charge in [0.2, 0.25) is 0 Å². The monoisotopic (exact) mass is 263 g/mol. The lowest BCUT2D eigenvalue weighted by Crippen LogP contribution is -2.32. The first-order chi connectivity index (χ1) is 9.19. The standard InChI is InChI=1S/C17H26FN/c1-3-17(14-7-5-8-15(18)12-14)19-16-9-4-6-13(2)10-11-16/h5,7-8,12-13,16-17,19H,3-4,6,9-11H2,1-2H3. The van der Waals surface area contributed by atoms with E-state index in [2.05, 4.69) is 19.2 Å². The summed E-state index contributed by atoms with van der Waals surface area (Å²) in [7, 11) is 0. The van der Waals surface area contributed by atoms with Gasteiger partial charge in [-0.3, -0.25) is 0 Å². The number of hydrogen-bond donors (Lipinski definition) is 1. The Labute approximate surface area is 116 Å².